The van der Waals surface area contributed by atoms with Crippen molar-refractivity contribution in [3.63, 3.8) is 0 Å². The van der Waals surface area contributed by atoms with Crippen molar-refractivity contribution >= 4 is 33.6 Å². The molecule has 4 rings (SSSR count). The summed E-state index contributed by atoms with van der Waals surface area (Å²) in [5, 5.41) is 0.575. The van der Waals surface area contributed by atoms with Crippen molar-refractivity contribution in [3.8, 4) is 0 Å². The molecule has 6 nitrogen and oxygen atoms in total. The third kappa shape index (κ3) is 7.57. The number of halogens is 1. The zero-order valence-corrected chi connectivity index (χ0v) is 24.4. The molecule has 0 bridgehead atoms. The highest BCUT2D eigenvalue weighted by atomic mass is 35.5. The Morgan fingerprint density at radius 3 is 2.15 bits per heavy atom. The predicted molar refractivity (Wildman–Crippen MR) is 158 cm³/mol. The van der Waals surface area contributed by atoms with Crippen LogP contribution in [0.2, 0.25) is 5.02 Å². The maximum atomic E-state index is 14.0. The van der Waals surface area contributed by atoms with Crippen LogP contribution < -0.4 is 0 Å². The molecular weight excluding hydrogens is 530 g/mol. The highest BCUT2D eigenvalue weighted by Gasteiger charge is 2.32. The van der Waals surface area contributed by atoms with Crippen LogP contribution in [0, 0.1) is 20.8 Å². The number of hydrogen-bond donors (Lipinski definition) is 0. The molecule has 1 aliphatic heterocycles. The Morgan fingerprint density at radius 1 is 0.923 bits per heavy atom. The van der Waals surface area contributed by atoms with Gasteiger partial charge in [-0.2, -0.15) is 4.31 Å². The summed E-state index contributed by atoms with van der Waals surface area (Å²) in [5.41, 5.74) is 4.29. The summed E-state index contributed by atoms with van der Waals surface area (Å²) >= 11 is 6.05. The molecule has 1 aliphatic rings. The molecule has 0 atom stereocenters. The summed E-state index contributed by atoms with van der Waals surface area (Å²) < 4.78 is 29.3. The third-order valence-corrected chi connectivity index (χ3v) is 9.33. The van der Waals surface area contributed by atoms with E-state index in [1.165, 1.54) is 4.31 Å². The van der Waals surface area contributed by atoms with Crippen molar-refractivity contribution in [2.24, 2.45) is 0 Å². The molecule has 0 radical (unpaired) electrons. The quantitative estimate of drug-likeness (QED) is 0.353. The van der Waals surface area contributed by atoms with Gasteiger partial charge >= 0.3 is 0 Å². The van der Waals surface area contributed by atoms with Gasteiger partial charge in [0.05, 0.1) is 11.4 Å². The van der Waals surface area contributed by atoms with Gasteiger partial charge in [0, 0.05) is 44.3 Å². The largest absolute Gasteiger partial charge is 0.339 e. The SMILES string of the molecule is Cc1cc(C)c(S(=O)(=O)N(CC(=O)N2CCN(C/C=C/c3ccccc3)CC2)Cc2ccc(Cl)cc2)c(C)c1. The molecule has 0 spiro atoms. The van der Waals surface area contributed by atoms with Crippen molar-refractivity contribution in [1.29, 1.82) is 0 Å². The van der Waals surface area contributed by atoms with Gasteiger partial charge in [0.25, 0.3) is 0 Å². The second-order valence-corrected chi connectivity index (χ2v) is 12.4. The van der Waals surface area contributed by atoms with Gasteiger partial charge in [-0.25, -0.2) is 8.42 Å². The summed E-state index contributed by atoms with van der Waals surface area (Å²) in [6.45, 7) is 8.85. The van der Waals surface area contributed by atoms with Crippen LogP contribution in [0.25, 0.3) is 6.08 Å². The molecule has 3 aromatic rings. The van der Waals surface area contributed by atoms with Gasteiger partial charge in [0.1, 0.15) is 0 Å². The molecule has 0 saturated carbocycles. The monoisotopic (exact) mass is 565 g/mol. The second kappa shape index (κ2) is 12.9. The summed E-state index contributed by atoms with van der Waals surface area (Å²) in [6, 6.07) is 21.0. The number of nitrogens with zero attached hydrogens (tertiary/aromatic N) is 3. The first-order valence-electron chi connectivity index (χ1n) is 13.2. The van der Waals surface area contributed by atoms with E-state index in [1.54, 1.807) is 43.0 Å². The lowest BCUT2D eigenvalue weighted by atomic mass is 10.1. The lowest BCUT2D eigenvalue weighted by Gasteiger charge is -2.35. The normalized spacial score (nSPS) is 14.8. The fourth-order valence-electron chi connectivity index (χ4n) is 5.05. The second-order valence-electron chi connectivity index (χ2n) is 10.1. The summed E-state index contributed by atoms with van der Waals surface area (Å²) in [7, 11) is -3.94. The van der Waals surface area contributed by atoms with Crippen LogP contribution in [0.4, 0.5) is 0 Å². The number of amides is 1. The molecule has 8 heteroatoms. The zero-order chi connectivity index (χ0) is 28.0. The summed E-state index contributed by atoms with van der Waals surface area (Å²) in [5.74, 6) is -0.186. The molecule has 39 heavy (non-hydrogen) atoms. The van der Waals surface area contributed by atoms with E-state index in [2.05, 4.69) is 29.2 Å². The fraction of sp³-hybridized carbons (Fsp3) is 0.323. The number of piperazine rings is 1. The average Bonchev–Trinajstić information content (AvgIpc) is 2.89. The maximum Gasteiger partial charge on any atom is 0.244 e. The number of hydrogen-bond acceptors (Lipinski definition) is 4. The van der Waals surface area contributed by atoms with Crippen molar-refractivity contribution in [1.82, 2.24) is 14.1 Å². The number of aryl methyl sites for hydroxylation is 3. The summed E-state index contributed by atoms with van der Waals surface area (Å²) in [4.78, 5) is 17.8. The van der Waals surface area contributed by atoms with Crippen molar-refractivity contribution in [2.75, 3.05) is 39.3 Å². The van der Waals surface area contributed by atoms with Crippen LogP contribution in [0.5, 0.6) is 0 Å². The number of carbonyl (C=O) groups is 1. The predicted octanol–water partition coefficient (Wildman–Crippen LogP) is 5.31. The molecule has 1 heterocycles. The minimum Gasteiger partial charge on any atom is -0.339 e. The van der Waals surface area contributed by atoms with Crippen LogP contribution in [0.1, 0.15) is 27.8 Å². The molecule has 1 fully saturated rings. The fourth-order valence-corrected chi connectivity index (χ4v) is 6.97. The van der Waals surface area contributed by atoms with E-state index in [9.17, 15) is 13.2 Å². The van der Waals surface area contributed by atoms with Gasteiger partial charge in [-0.3, -0.25) is 9.69 Å². The number of benzene rings is 3. The van der Waals surface area contributed by atoms with Crippen molar-refractivity contribution in [3.05, 3.63) is 106 Å². The Bertz CT molecular complexity index is 1390. The first-order chi connectivity index (χ1) is 18.6. The van der Waals surface area contributed by atoms with E-state index in [0.29, 0.717) is 29.2 Å². The standard InChI is InChI=1S/C31H36ClN3O3S/c1-24-20-25(2)31(26(3)21-24)39(37,38)35(22-28-11-13-29(32)14-12-28)23-30(36)34-18-16-33(17-19-34)15-7-10-27-8-5-4-6-9-27/h4-14,20-21H,15-19,22-23H2,1-3H3/b10-7+. The van der Waals surface area contributed by atoms with Crippen molar-refractivity contribution < 1.29 is 13.2 Å². The number of sulfonamides is 1. The van der Waals surface area contributed by atoms with E-state index in [0.717, 1.165) is 36.3 Å². The first kappa shape index (κ1) is 29.0. The molecule has 0 unspecified atom stereocenters. The molecule has 1 amide bonds. The van der Waals surface area contributed by atoms with Crippen molar-refractivity contribution in [2.45, 2.75) is 32.2 Å². The van der Waals surface area contributed by atoms with E-state index in [-0.39, 0.29) is 23.9 Å². The molecule has 1 saturated heterocycles. The topological polar surface area (TPSA) is 60.9 Å². The lowest BCUT2D eigenvalue weighted by molar-refractivity contribution is -0.133. The molecule has 0 aliphatic carbocycles. The van der Waals surface area contributed by atoms with Gasteiger partial charge in [-0.1, -0.05) is 83.9 Å². The Balaban J connectivity index is 1.46. The van der Waals surface area contributed by atoms with Gasteiger partial charge < -0.3 is 4.90 Å². The van der Waals surface area contributed by atoms with Crippen LogP contribution >= 0.6 is 11.6 Å². The zero-order valence-electron chi connectivity index (χ0n) is 22.8. The van der Waals surface area contributed by atoms with E-state index in [1.807, 2.05) is 37.3 Å². The van der Waals surface area contributed by atoms with Gasteiger partial charge in [-0.15, -0.1) is 0 Å². The average molecular weight is 566 g/mol. The van der Waals surface area contributed by atoms with E-state index >= 15 is 0 Å². The molecule has 0 aromatic heterocycles. The Morgan fingerprint density at radius 2 is 1.54 bits per heavy atom. The number of carbonyl (C=O) groups excluding carboxylic acids is 1. The molecule has 0 N–H and O–H groups in total. The maximum absolute atomic E-state index is 14.0. The highest BCUT2D eigenvalue weighted by Crippen LogP contribution is 2.27. The Kier molecular flexibility index (Phi) is 9.62. The highest BCUT2D eigenvalue weighted by molar-refractivity contribution is 7.89. The lowest BCUT2D eigenvalue weighted by Crippen LogP contribution is -2.51. The minimum absolute atomic E-state index is 0.0856. The van der Waals surface area contributed by atoms with Gasteiger partial charge in [-0.05, 0) is 55.2 Å². The third-order valence-electron chi connectivity index (χ3n) is 6.98. The Labute approximate surface area is 237 Å². The van der Waals surface area contributed by atoms with E-state index < -0.39 is 10.0 Å². The molecule has 3 aromatic carbocycles. The minimum atomic E-state index is -3.94. The van der Waals surface area contributed by atoms with Crippen LogP contribution in [0.15, 0.2) is 77.7 Å². The smallest absolute Gasteiger partial charge is 0.244 e. The van der Waals surface area contributed by atoms with Crippen LogP contribution in [-0.4, -0.2) is 67.7 Å². The van der Waals surface area contributed by atoms with Crippen LogP contribution in [0.3, 0.4) is 0 Å². The molecular formula is C31H36ClN3O3S. The number of rotatable bonds is 9. The van der Waals surface area contributed by atoms with Crippen LogP contribution in [-0.2, 0) is 21.4 Å². The first-order valence-corrected chi connectivity index (χ1v) is 15.0. The van der Waals surface area contributed by atoms with Gasteiger partial charge in [0.15, 0.2) is 0 Å². The van der Waals surface area contributed by atoms with E-state index in [4.69, 9.17) is 11.6 Å². The molecule has 206 valence electrons. The van der Waals surface area contributed by atoms with Gasteiger partial charge in [0.2, 0.25) is 15.9 Å². The Hall–Kier alpha value is -2.97. The summed E-state index contributed by atoms with van der Waals surface area (Å²) in [6.07, 6.45) is 4.24.